The first-order chi connectivity index (χ1) is 9.63. The van der Waals surface area contributed by atoms with E-state index in [0.29, 0.717) is 11.8 Å². The van der Waals surface area contributed by atoms with Crippen LogP contribution in [-0.4, -0.2) is 14.9 Å². The summed E-state index contributed by atoms with van der Waals surface area (Å²) in [5, 5.41) is 8.85. The minimum atomic E-state index is 0.133. The molecule has 4 heteroatoms. The average molecular weight is 271 g/mol. The molecule has 20 heavy (non-hydrogen) atoms. The summed E-state index contributed by atoms with van der Waals surface area (Å²) in [4.78, 5) is 0. The number of rotatable bonds is 1. The molecule has 3 atom stereocenters. The van der Waals surface area contributed by atoms with Crippen molar-refractivity contribution in [2.45, 2.75) is 50.9 Å². The quantitative estimate of drug-likeness (QED) is 0.801. The van der Waals surface area contributed by atoms with Crippen LogP contribution < -0.4 is 0 Å². The lowest BCUT2D eigenvalue weighted by atomic mass is 9.56. The van der Waals surface area contributed by atoms with Crippen LogP contribution in [0, 0.1) is 5.92 Å². The second-order valence-electron chi connectivity index (χ2n) is 6.65. The van der Waals surface area contributed by atoms with Crippen molar-refractivity contribution in [2.75, 3.05) is 0 Å². The van der Waals surface area contributed by atoms with E-state index in [-0.39, 0.29) is 5.41 Å². The van der Waals surface area contributed by atoms with Crippen molar-refractivity contribution >= 4 is 0 Å². The lowest BCUT2D eigenvalue weighted by molar-refractivity contribution is 0.160. The van der Waals surface area contributed by atoms with Gasteiger partial charge in [0.15, 0.2) is 0 Å². The van der Waals surface area contributed by atoms with Crippen molar-refractivity contribution in [1.29, 1.82) is 0 Å². The third-order valence-corrected chi connectivity index (χ3v) is 5.48. The fourth-order valence-corrected chi connectivity index (χ4v) is 4.62. The Hall–Kier alpha value is -1.58. The van der Waals surface area contributed by atoms with Crippen molar-refractivity contribution in [2.24, 2.45) is 13.0 Å². The van der Waals surface area contributed by atoms with Crippen LogP contribution in [0.15, 0.2) is 16.9 Å². The third-order valence-electron chi connectivity index (χ3n) is 5.48. The van der Waals surface area contributed by atoms with Crippen molar-refractivity contribution in [3.8, 4) is 0 Å². The van der Waals surface area contributed by atoms with Gasteiger partial charge in [0.05, 0.1) is 11.9 Å². The Morgan fingerprint density at radius 1 is 1.45 bits per heavy atom. The van der Waals surface area contributed by atoms with Crippen LogP contribution in [-0.2, 0) is 25.3 Å². The van der Waals surface area contributed by atoms with E-state index in [0.717, 1.165) is 25.0 Å². The number of nitrogens with zero attached hydrogens (tertiary/aromatic N) is 3. The van der Waals surface area contributed by atoms with E-state index in [2.05, 4.69) is 25.2 Å². The van der Waals surface area contributed by atoms with Crippen molar-refractivity contribution in [3.63, 3.8) is 0 Å². The third kappa shape index (κ3) is 1.42. The van der Waals surface area contributed by atoms with E-state index in [1.807, 2.05) is 17.9 Å². The molecule has 0 unspecified atom stereocenters. The minimum absolute atomic E-state index is 0.133. The summed E-state index contributed by atoms with van der Waals surface area (Å²) in [6, 6.07) is 0. The molecular formula is C16H21N3O. The molecule has 0 aromatic carbocycles. The summed E-state index contributed by atoms with van der Waals surface area (Å²) in [6.07, 6.45) is 8.61. The molecule has 2 aromatic heterocycles. The fraction of sp³-hybridized carbons (Fsp3) is 0.625. The van der Waals surface area contributed by atoms with Crippen LogP contribution in [0.2, 0.25) is 0 Å². The largest absolute Gasteiger partial charge is 0.361 e. The molecule has 2 aromatic rings. The van der Waals surface area contributed by atoms with Crippen LogP contribution in [0.25, 0.3) is 0 Å². The van der Waals surface area contributed by atoms with Gasteiger partial charge in [-0.25, -0.2) is 0 Å². The van der Waals surface area contributed by atoms with Crippen LogP contribution >= 0.6 is 0 Å². The Labute approximate surface area is 119 Å². The molecule has 0 saturated carbocycles. The van der Waals surface area contributed by atoms with Crippen LogP contribution in [0.4, 0.5) is 0 Å². The average Bonchev–Trinajstić information content (AvgIpc) is 3.01. The molecule has 2 aliphatic rings. The van der Waals surface area contributed by atoms with Gasteiger partial charge in [-0.15, -0.1) is 0 Å². The van der Waals surface area contributed by atoms with Gasteiger partial charge in [-0.05, 0) is 37.2 Å². The zero-order chi connectivity index (χ0) is 13.9. The Kier molecular flexibility index (Phi) is 2.41. The Morgan fingerprint density at radius 3 is 3.10 bits per heavy atom. The maximum absolute atomic E-state index is 5.57. The number of aryl methyl sites for hydroxylation is 2. The number of hydrogen-bond acceptors (Lipinski definition) is 3. The molecule has 4 rings (SSSR count). The molecule has 0 N–H and O–H groups in total. The minimum Gasteiger partial charge on any atom is -0.361 e. The normalized spacial score (nSPS) is 31.6. The first-order valence-electron chi connectivity index (χ1n) is 7.60. The van der Waals surface area contributed by atoms with Gasteiger partial charge in [0, 0.05) is 30.1 Å². The van der Waals surface area contributed by atoms with E-state index in [4.69, 9.17) is 9.62 Å². The molecule has 0 aliphatic heterocycles. The van der Waals surface area contributed by atoms with Gasteiger partial charge in [0.1, 0.15) is 5.76 Å². The summed E-state index contributed by atoms with van der Waals surface area (Å²) in [6.45, 7) is 4.65. The van der Waals surface area contributed by atoms with Gasteiger partial charge >= 0.3 is 0 Å². The molecule has 0 radical (unpaired) electrons. The molecule has 0 saturated heterocycles. The summed E-state index contributed by atoms with van der Waals surface area (Å²) in [7, 11) is 2.03. The fourth-order valence-electron chi connectivity index (χ4n) is 4.62. The molecule has 2 aliphatic carbocycles. The zero-order valence-electron chi connectivity index (χ0n) is 12.4. The maximum Gasteiger partial charge on any atom is 0.143 e. The zero-order valence-corrected chi connectivity index (χ0v) is 12.4. The van der Waals surface area contributed by atoms with Crippen molar-refractivity contribution < 1.29 is 4.52 Å². The van der Waals surface area contributed by atoms with E-state index in [1.165, 1.54) is 23.2 Å². The molecule has 2 heterocycles. The smallest absolute Gasteiger partial charge is 0.143 e. The predicted octanol–water partition coefficient (Wildman–Crippen LogP) is 2.98. The lowest BCUT2D eigenvalue weighted by Crippen LogP contribution is -2.45. The molecule has 106 valence electrons. The van der Waals surface area contributed by atoms with E-state index >= 15 is 0 Å². The number of hydrogen-bond donors (Lipinski definition) is 0. The summed E-state index contributed by atoms with van der Waals surface area (Å²) in [5.41, 5.74) is 4.16. The van der Waals surface area contributed by atoms with E-state index < -0.39 is 0 Å². The molecule has 0 fully saturated rings. The Bertz CT molecular complexity index is 656. The highest BCUT2D eigenvalue weighted by Crippen LogP contribution is 2.54. The van der Waals surface area contributed by atoms with Gasteiger partial charge in [-0.3, -0.25) is 4.68 Å². The van der Waals surface area contributed by atoms with Gasteiger partial charge in [0.25, 0.3) is 0 Å². The predicted molar refractivity (Wildman–Crippen MR) is 75.6 cm³/mol. The topological polar surface area (TPSA) is 43.9 Å². The first kappa shape index (κ1) is 12.2. The summed E-state index contributed by atoms with van der Waals surface area (Å²) in [5.74, 6) is 2.24. The SMILES string of the molecule is CC[C@@H]1c2oncc2C[C@]2(C)c3nn(C)cc3CC[C@@H]12. The molecule has 0 bridgehead atoms. The van der Waals surface area contributed by atoms with Crippen molar-refractivity contribution in [3.05, 3.63) is 35.0 Å². The summed E-state index contributed by atoms with van der Waals surface area (Å²) < 4.78 is 7.55. The molecule has 4 nitrogen and oxygen atoms in total. The second-order valence-corrected chi connectivity index (χ2v) is 6.65. The van der Waals surface area contributed by atoms with Crippen LogP contribution in [0.5, 0.6) is 0 Å². The highest BCUT2D eigenvalue weighted by Gasteiger charge is 2.50. The lowest BCUT2D eigenvalue weighted by Gasteiger charge is -2.46. The first-order valence-corrected chi connectivity index (χ1v) is 7.60. The van der Waals surface area contributed by atoms with Gasteiger partial charge in [-0.1, -0.05) is 19.0 Å². The Balaban J connectivity index is 1.89. The summed E-state index contributed by atoms with van der Waals surface area (Å²) >= 11 is 0. The standard InChI is InChI=1S/C16H21N3O/c1-4-12-13-6-5-10-9-19(3)18-15(10)16(13,2)7-11-8-17-20-14(11)12/h8-9,12-13H,4-7H2,1-3H3/t12-,13-,16-/m0/s1. The van der Waals surface area contributed by atoms with Gasteiger partial charge in [-0.2, -0.15) is 5.10 Å². The van der Waals surface area contributed by atoms with Gasteiger partial charge < -0.3 is 4.52 Å². The van der Waals surface area contributed by atoms with E-state index in [1.54, 1.807) is 0 Å². The van der Waals surface area contributed by atoms with Crippen LogP contribution in [0.3, 0.4) is 0 Å². The van der Waals surface area contributed by atoms with Crippen LogP contribution in [0.1, 0.15) is 55.2 Å². The molecule has 0 spiro atoms. The molecular weight excluding hydrogens is 250 g/mol. The number of aromatic nitrogens is 3. The highest BCUT2D eigenvalue weighted by atomic mass is 16.5. The van der Waals surface area contributed by atoms with Gasteiger partial charge in [0.2, 0.25) is 0 Å². The van der Waals surface area contributed by atoms with Crippen molar-refractivity contribution in [1.82, 2.24) is 14.9 Å². The maximum atomic E-state index is 5.57. The van der Waals surface area contributed by atoms with E-state index in [9.17, 15) is 0 Å². The number of fused-ring (bicyclic) bond motifs is 4. The molecule has 0 amide bonds. The highest BCUT2D eigenvalue weighted by molar-refractivity contribution is 5.38. The second kappa shape index (κ2) is 3.96. The Morgan fingerprint density at radius 2 is 2.30 bits per heavy atom. The monoisotopic (exact) mass is 271 g/mol.